The molecule has 1 aromatic carbocycles. The molecule has 1 unspecified atom stereocenters. The Morgan fingerprint density at radius 1 is 1.47 bits per heavy atom. The molecule has 0 fully saturated rings. The van der Waals surface area contributed by atoms with Crippen LogP contribution in [-0.4, -0.2) is 18.6 Å². The molecule has 1 atom stereocenters. The molecule has 0 aliphatic carbocycles. The zero-order valence-corrected chi connectivity index (χ0v) is 11.4. The van der Waals surface area contributed by atoms with Gasteiger partial charge in [-0.3, -0.25) is 4.79 Å². The molecular weight excluding hydrogens is 284 g/mol. The highest BCUT2D eigenvalue weighted by Gasteiger charge is 2.29. The smallest absolute Gasteiger partial charge is 0.265 e. The van der Waals surface area contributed by atoms with Crippen molar-refractivity contribution in [3.05, 3.63) is 21.7 Å². The SMILES string of the molecule is Cc1cc(C)c2c(c1Br)OC(CCN)C(=O)N2. The molecule has 2 rings (SSSR count). The number of fused-ring (bicyclic) bond motifs is 1. The first-order chi connectivity index (χ1) is 8.04. The van der Waals surface area contributed by atoms with Crippen LogP contribution in [0.1, 0.15) is 17.5 Å². The number of carbonyl (C=O) groups is 1. The lowest BCUT2D eigenvalue weighted by molar-refractivity contribution is -0.123. The molecule has 0 radical (unpaired) electrons. The van der Waals surface area contributed by atoms with Gasteiger partial charge in [0.15, 0.2) is 11.9 Å². The minimum absolute atomic E-state index is 0.123. The van der Waals surface area contributed by atoms with Gasteiger partial charge in [-0.15, -0.1) is 0 Å². The van der Waals surface area contributed by atoms with E-state index in [-0.39, 0.29) is 5.91 Å². The quantitative estimate of drug-likeness (QED) is 0.879. The van der Waals surface area contributed by atoms with E-state index in [4.69, 9.17) is 10.5 Å². The average molecular weight is 299 g/mol. The first-order valence-electron chi connectivity index (χ1n) is 5.52. The number of hydrogen-bond donors (Lipinski definition) is 2. The first-order valence-corrected chi connectivity index (χ1v) is 6.31. The molecule has 92 valence electrons. The third-order valence-corrected chi connectivity index (χ3v) is 3.82. The van der Waals surface area contributed by atoms with Crippen LogP contribution >= 0.6 is 15.9 Å². The summed E-state index contributed by atoms with van der Waals surface area (Å²) < 4.78 is 6.63. The van der Waals surface area contributed by atoms with Gasteiger partial charge in [0, 0.05) is 6.42 Å². The van der Waals surface area contributed by atoms with E-state index in [9.17, 15) is 4.79 Å². The van der Waals surface area contributed by atoms with Gasteiger partial charge in [-0.25, -0.2) is 0 Å². The highest BCUT2D eigenvalue weighted by molar-refractivity contribution is 9.10. The van der Waals surface area contributed by atoms with Crippen LogP contribution in [0.15, 0.2) is 10.5 Å². The van der Waals surface area contributed by atoms with E-state index in [1.807, 2.05) is 19.9 Å². The lowest BCUT2D eigenvalue weighted by Gasteiger charge is -2.28. The van der Waals surface area contributed by atoms with Crippen LogP contribution in [0, 0.1) is 13.8 Å². The number of anilines is 1. The minimum atomic E-state index is -0.495. The fourth-order valence-corrected chi connectivity index (χ4v) is 2.34. The highest BCUT2D eigenvalue weighted by atomic mass is 79.9. The molecule has 17 heavy (non-hydrogen) atoms. The van der Waals surface area contributed by atoms with Crippen molar-refractivity contribution in [2.75, 3.05) is 11.9 Å². The van der Waals surface area contributed by atoms with Crippen molar-refractivity contribution in [2.45, 2.75) is 26.4 Å². The first kappa shape index (κ1) is 12.4. The van der Waals surface area contributed by atoms with E-state index in [1.54, 1.807) is 0 Å². The van der Waals surface area contributed by atoms with Crippen molar-refractivity contribution in [1.29, 1.82) is 0 Å². The fourth-order valence-electron chi connectivity index (χ4n) is 1.94. The summed E-state index contributed by atoms with van der Waals surface area (Å²) in [5.74, 6) is 0.586. The van der Waals surface area contributed by atoms with E-state index < -0.39 is 6.10 Å². The van der Waals surface area contributed by atoms with Gasteiger partial charge in [-0.05, 0) is 47.4 Å². The van der Waals surface area contributed by atoms with Crippen LogP contribution in [0.3, 0.4) is 0 Å². The summed E-state index contributed by atoms with van der Waals surface area (Å²) in [6, 6.07) is 2.01. The number of benzene rings is 1. The van der Waals surface area contributed by atoms with Crippen molar-refractivity contribution in [1.82, 2.24) is 0 Å². The Balaban J connectivity index is 2.45. The summed E-state index contributed by atoms with van der Waals surface area (Å²) >= 11 is 3.49. The van der Waals surface area contributed by atoms with Crippen LogP contribution in [-0.2, 0) is 4.79 Å². The predicted molar refractivity (Wildman–Crippen MR) is 70.3 cm³/mol. The fraction of sp³-hybridized carbons (Fsp3) is 0.417. The number of nitrogens with one attached hydrogen (secondary N) is 1. The van der Waals surface area contributed by atoms with Gasteiger partial charge in [-0.1, -0.05) is 6.07 Å². The zero-order valence-electron chi connectivity index (χ0n) is 9.84. The number of hydrogen-bond acceptors (Lipinski definition) is 3. The Hall–Kier alpha value is -1.07. The molecule has 5 heteroatoms. The molecule has 1 aliphatic heterocycles. The summed E-state index contributed by atoms with van der Waals surface area (Å²) in [4.78, 5) is 11.8. The summed E-state index contributed by atoms with van der Waals surface area (Å²) in [5.41, 5.74) is 8.31. The second-order valence-corrected chi connectivity index (χ2v) is 4.99. The van der Waals surface area contributed by atoms with Gasteiger partial charge in [0.1, 0.15) is 0 Å². The van der Waals surface area contributed by atoms with Crippen molar-refractivity contribution in [2.24, 2.45) is 5.73 Å². The van der Waals surface area contributed by atoms with Crippen molar-refractivity contribution in [3.63, 3.8) is 0 Å². The van der Waals surface area contributed by atoms with Crippen LogP contribution in [0.2, 0.25) is 0 Å². The lowest BCUT2D eigenvalue weighted by atomic mass is 10.1. The molecular formula is C12H15BrN2O2. The van der Waals surface area contributed by atoms with E-state index in [2.05, 4.69) is 21.2 Å². The maximum atomic E-state index is 11.8. The van der Waals surface area contributed by atoms with Crippen LogP contribution < -0.4 is 15.8 Å². The summed E-state index contributed by atoms with van der Waals surface area (Å²) in [6.07, 6.45) is 0.0232. The number of halogens is 1. The van der Waals surface area contributed by atoms with Crippen LogP contribution in [0.25, 0.3) is 0 Å². The van der Waals surface area contributed by atoms with Crippen LogP contribution in [0.5, 0.6) is 5.75 Å². The lowest BCUT2D eigenvalue weighted by Crippen LogP contribution is -2.38. The van der Waals surface area contributed by atoms with Gasteiger partial charge in [0.2, 0.25) is 0 Å². The number of nitrogens with two attached hydrogens (primary N) is 1. The second kappa shape index (κ2) is 4.66. The molecule has 1 amide bonds. The van der Waals surface area contributed by atoms with Gasteiger partial charge >= 0.3 is 0 Å². The Labute approximate surface area is 109 Å². The Kier molecular flexibility index (Phi) is 3.40. The summed E-state index contributed by atoms with van der Waals surface area (Å²) in [6.45, 7) is 4.37. The third-order valence-electron chi connectivity index (χ3n) is 2.83. The molecule has 1 aromatic rings. The van der Waals surface area contributed by atoms with E-state index in [0.29, 0.717) is 18.7 Å². The zero-order chi connectivity index (χ0) is 12.6. The van der Waals surface area contributed by atoms with E-state index >= 15 is 0 Å². The molecule has 4 nitrogen and oxygen atoms in total. The molecule has 0 aromatic heterocycles. The summed E-state index contributed by atoms with van der Waals surface area (Å²) in [7, 11) is 0. The van der Waals surface area contributed by atoms with Crippen molar-refractivity contribution in [3.8, 4) is 5.75 Å². The topological polar surface area (TPSA) is 64.3 Å². The van der Waals surface area contributed by atoms with E-state index in [0.717, 1.165) is 21.3 Å². The second-order valence-electron chi connectivity index (χ2n) is 4.20. The number of ether oxygens (including phenoxy) is 1. The molecule has 3 N–H and O–H groups in total. The predicted octanol–water partition coefficient (Wildman–Crippen LogP) is 2.11. The molecule has 1 aliphatic rings. The van der Waals surface area contributed by atoms with Gasteiger partial charge in [0.25, 0.3) is 5.91 Å². The number of amides is 1. The Bertz CT molecular complexity index is 474. The van der Waals surface area contributed by atoms with Crippen LogP contribution in [0.4, 0.5) is 5.69 Å². The number of aryl methyl sites for hydroxylation is 2. The normalized spacial score (nSPS) is 18.4. The third kappa shape index (κ3) is 2.17. The molecule has 0 saturated carbocycles. The van der Waals surface area contributed by atoms with E-state index in [1.165, 1.54) is 0 Å². The Morgan fingerprint density at radius 3 is 2.82 bits per heavy atom. The van der Waals surface area contributed by atoms with Gasteiger partial charge < -0.3 is 15.8 Å². The average Bonchev–Trinajstić information content (AvgIpc) is 2.28. The number of carbonyl (C=O) groups excluding carboxylic acids is 1. The summed E-state index contributed by atoms with van der Waals surface area (Å²) in [5, 5.41) is 2.88. The largest absolute Gasteiger partial charge is 0.477 e. The highest BCUT2D eigenvalue weighted by Crippen LogP contribution is 2.41. The molecule has 0 spiro atoms. The standard InChI is InChI=1S/C12H15BrN2O2/c1-6-5-7(2)10-11(9(6)13)17-8(3-4-14)12(16)15-10/h5,8H,3-4,14H2,1-2H3,(H,15,16). The monoisotopic (exact) mass is 298 g/mol. The molecule has 0 saturated heterocycles. The van der Waals surface area contributed by atoms with Gasteiger partial charge in [-0.2, -0.15) is 0 Å². The van der Waals surface area contributed by atoms with Crippen molar-refractivity contribution >= 4 is 27.5 Å². The van der Waals surface area contributed by atoms with Crippen molar-refractivity contribution < 1.29 is 9.53 Å². The van der Waals surface area contributed by atoms with Gasteiger partial charge in [0.05, 0.1) is 10.2 Å². The molecule has 0 bridgehead atoms. The maximum absolute atomic E-state index is 11.8. The maximum Gasteiger partial charge on any atom is 0.265 e. The minimum Gasteiger partial charge on any atom is -0.477 e. The Morgan fingerprint density at radius 2 is 2.18 bits per heavy atom. The molecule has 1 heterocycles. The number of rotatable bonds is 2.